The average molecular weight is 605 g/mol. The first kappa shape index (κ1) is 30.3. The second-order valence-corrected chi connectivity index (χ2v) is 10.8. The number of benzene rings is 1. The Kier molecular flexibility index (Phi) is 8.39. The van der Waals surface area contributed by atoms with E-state index in [4.69, 9.17) is 5.73 Å². The van der Waals surface area contributed by atoms with Crippen LogP contribution in [0.2, 0.25) is 0 Å². The van der Waals surface area contributed by atoms with Gasteiger partial charge in [0, 0.05) is 36.3 Å². The fraction of sp³-hybridized carbons (Fsp3) is 0.290. The minimum Gasteiger partial charge on any atom is -0.481 e. The van der Waals surface area contributed by atoms with E-state index in [1.165, 1.54) is 23.1 Å². The minimum atomic E-state index is -3.19. The lowest BCUT2D eigenvalue weighted by Gasteiger charge is -2.40. The highest BCUT2D eigenvalue weighted by Crippen LogP contribution is 2.41. The molecule has 1 aromatic heterocycles. The number of amides is 2. The predicted octanol–water partition coefficient (Wildman–Crippen LogP) is 2.72. The van der Waals surface area contributed by atoms with Gasteiger partial charge in [-0.3, -0.25) is 19.2 Å². The molecule has 0 bridgehead atoms. The Morgan fingerprint density at radius 1 is 1.11 bits per heavy atom. The number of carboxylic acid groups (broad SMARTS) is 1. The molecule has 0 radical (unpaired) electrons. The summed E-state index contributed by atoms with van der Waals surface area (Å²) in [7, 11) is 0. The van der Waals surface area contributed by atoms with Crippen LogP contribution in [-0.2, 0) is 28.6 Å². The predicted molar refractivity (Wildman–Crippen MR) is 154 cm³/mol. The lowest BCUT2D eigenvalue weighted by Crippen LogP contribution is -2.45. The van der Waals surface area contributed by atoms with Crippen molar-refractivity contribution < 1.29 is 33.1 Å². The Bertz CT molecular complexity index is 1650. The highest BCUT2D eigenvalue weighted by atomic mass is 19.3. The van der Waals surface area contributed by atoms with Crippen molar-refractivity contribution in [1.29, 1.82) is 0 Å². The van der Waals surface area contributed by atoms with Crippen molar-refractivity contribution >= 4 is 23.6 Å². The van der Waals surface area contributed by atoms with E-state index in [0.717, 1.165) is 6.33 Å². The number of aliphatic carboxylic acids is 1. The molecule has 0 saturated carbocycles. The van der Waals surface area contributed by atoms with Crippen LogP contribution in [0.1, 0.15) is 56.9 Å². The number of fused-ring (bicyclic) bond motifs is 1. The molecule has 228 valence electrons. The number of rotatable bonds is 7. The number of nitrogens with two attached hydrogens (primary N) is 1. The molecule has 1 aromatic carbocycles. The second-order valence-electron chi connectivity index (χ2n) is 10.8. The maximum Gasteiger partial charge on any atom is 0.310 e. The fourth-order valence-electron chi connectivity index (χ4n) is 5.35. The van der Waals surface area contributed by atoms with Crippen LogP contribution in [0.4, 0.5) is 8.78 Å². The Morgan fingerprint density at radius 3 is 2.59 bits per heavy atom. The first-order chi connectivity index (χ1) is 20.9. The molecule has 0 spiro atoms. The largest absolute Gasteiger partial charge is 0.481 e. The molecule has 2 heterocycles. The van der Waals surface area contributed by atoms with Crippen LogP contribution < -0.4 is 16.4 Å². The van der Waals surface area contributed by atoms with Crippen molar-refractivity contribution in [3.8, 4) is 0 Å². The van der Waals surface area contributed by atoms with Crippen LogP contribution in [-0.4, -0.2) is 56.1 Å². The molecule has 5 rings (SSSR count). The first-order valence-corrected chi connectivity index (χ1v) is 13.9. The number of aromatic nitrogens is 2. The molecule has 5 N–H and O–H groups in total. The van der Waals surface area contributed by atoms with E-state index in [1.54, 1.807) is 30.4 Å². The Labute approximate surface area is 251 Å². The van der Waals surface area contributed by atoms with Gasteiger partial charge >= 0.3 is 5.97 Å². The number of hydrogen-bond donors (Lipinski definition) is 4. The van der Waals surface area contributed by atoms with E-state index in [9.17, 15) is 33.1 Å². The van der Waals surface area contributed by atoms with Crippen LogP contribution in [0.15, 0.2) is 78.4 Å². The van der Waals surface area contributed by atoms with Crippen molar-refractivity contribution in [1.82, 2.24) is 25.5 Å². The summed E-state index contributed by atoms with van der Waals surface area (Å²) in [6.45, 7) is 3.08. The van der Waals surface area contributed by atoms with Gasteiger partial charge in [0.2, 0.25) is 5.78 Å². The summed E-state index contributed by atoms with van der Waals surface area (Å²) in [4.78, 5) is 58.1. The number of alkyl halides is 2. The molecule has 3 aliphatic rings. The Hall–Kier alpha value is -5.20. The number of carboxylic acids is 1. The van der Waals surface area contributed by atoms with Gasteiger partial charge in [0.25, 0.3) is 17.7 Å². The number of allylic oxidation sites excluding steroid dienone is 4. The minimum absolute atomic E-state index is 0.00301. The van der Waals surface area contributed by atoms with Crippen LogP contribution >= 0.6 is 0 Å². The summed E-state index contributed by atoms with van der Waals surface area (Å²) < 4.78 is 29.9. The zero-order valence-electron chi connectivity index (χ0n) is 23.6. The van der Waals surface area contributed by atoms with Crippen LogP contribution in [0.25, 0.3) is 0 Å². The van der Waals surface area contributed by atoms with Gasteiger partial charge in [-0.15, -0.1) is 0 Å². The van der Waals surface area contributed by atoms with Gasteiger partial charge in [0.05, 0.1) is 18.2 Å². The number of nitrogens with zero attached hydrogens (tertiary/aromatic N) is 3. The average Bonchev–Trinajstić information content (AvgIpc) is 3.11. The highest BCUT2D eigenvalue weighted by molar-refractivity contribution is 6.18. The number of nitrogens with one attached hydrogen (secondary N) is 2. The zero-order chi connectivity index (χ0) is 31.6. The van der Waals surface area contributed by atoms with Gasteiger partial charge in [-0.25, -0.2) is 9.97 Å². The molecule has 11 nitrogen and oxygen atoms in total. The lowest BCUT2D eigenvalue weighted by atomic mass is 9.88. The van der Waals surface area contributed by atoms with Crippen molar-refractivity contribution in [2.24, 2.45) is 11.7 Å². The summed E-state index contributed by atoms with van der Waals surface area (Å²) in [6.07, 6.45) is 9.39. The highest BCUT2D eigenvalue weighted by Gasteiger charge is 2.44. The number of ketones is 1. The van der Waals surface area contributed by atoms with E-state index in [1.807, 2.05) is 0 Å². The van der Waals surface area contributed by atoms with Crippen LogP contribution in [0, 0.1) is 5.92 Å². The molecule has 1 unspecified atom stereocenters. The van der Waals surface area contributed by atoms with Crippen molar-refractivity contribution in [3.63, 3.8) is 0 Å². The number of Topliss-reactive ketones (excluding diaryl/α,β-unsaturated/α-hetero) is 1. The Morgan fingerprint density at radius 2 is 1.86 bits per heavy atom. The molecule has 0 fully saturated rings. The SMILES string of the molecule is C=C1C(=O)C(N)=C1N1Cc2cc(CNC(=O)c3cc(C(=O)N[C@@H]4/C=C/CC(C(=O)O)/C=C/CC4)ncn3)ccc2C(F)(F)C1. The summed E-state index contributed by atoms with van der Waals surface area (Å²) in [5.74, 6) is -6.31. The monoisotopic (exact) mass is 604 g/mol. The van der Waals surface area contributed by atoms with Crippen molar-refractivity contribution in [2.45, 2.75) is 44.3 Å². The quantitative estimate of drug-likeness (QED) is 0.274. The number of hydrogen-bond acceptors (Lipinski definition) is 8. The van der Waals surface area contributed by atoms with Gasteiger partial charge in [0.15, 0.2) is 0 Å². The molecule has 44 heavy (non-hydrogen) atoms. The molecular formula is C31H30F2N6O5. The first-order valence-electron chi connectivity index (χ1n) is 13.9. The molecule has 2 amide bonds. The van der Waals surface area contributed by atoms with E-state index >= 15 is 0 Å². The third-order valence-corrected chi connectivity index (χ3v) is 7.68. The fourth-order valence-corrected chi connectivity index (χ4v) is 5.35. The van der Waals surface area contributed by atoms with Gasteiger partial charge in [-0.05, 0) is 30.4 Å². The second kappa shape index (κ2) is 12.2. The summed E-state index contributed by atoms with van der Waals surface area (Å²) in [6, 6.07) is 5.27. The van der Waals surface area contributed by atoms with E-state index in [2.05, 4.69) is 27.2 Å². The third kappa shape index (κ3) is 6.26. The standard InChI is InChI=1S/C31H30F2N6O5/c1-17-26(25(34)27(17)40)39-14-20-11-18(9-10-22(20)31(32,33)15-39)13-35-28(41)23-12-24(37-16-36-23)29(42)38-21-7-3-2-5-19(30(43)44)6-4-8-21/h2,4-5,8-12,16,19,21H,1,3,6-7,13-15,34H2,(H,35,41)(H,38,42)(H,43,44)/b5-2+,8-4+/t19?,21-/m0/s1. The normalized spacial score (nSPS) is 22.5. The van der Waals surface area contributed by atoms with Gasteiger partial charge < -0.3 is 26.4 Å². The number of carbonyl (C=O) groups is 4. The molecule has 2 atom stereocenters. The van der Waals surface area contributed by atoms with Gasteiger partial charge in [-0.1, -0.05) is 49.1 Å². The van der Waals surface area contributed by atoms with Gasteiger partial charge in [-0.2, -0.15) is 8.78 Å². The van der Waals surface area contributed by atoms with E-state index in [0.29, 0.717) is 30.4 Å². The number of halogens is 2. The summed E-state index contributed by atoms with van der Waals surface area (Å²) in [5.41, 5.74) is 6.64. The third-order valence-electron chi connectivity index (χ3n) is 7.68. The van der Waals surface area contributed by atoms with Crippen LogP contribution in [0.3, 0.4) is 0 Å². The molecule has 2 aliphatic carbocycles. The lowest BCUT2D eigenvalue weighted by molar-refractivity contribution is -0.140. The molecule has 1 aliphatic heterocycles. The molecule has 0 saturated heterocycles. The topological polar surface area (TPSA) is 168 Å². The maximum absolute atomic E-state index is 15.0. The zero-order valence-corrected chi connectivity index (χ0v) is 23.6. The maximum atomic E-state index is 15.0. The van der Waals surface area contributed by atoms with Crippen molar-refractivity contribution in [3.05, 3.63) is 107 Å². The smallest absolute Gasteiger partial charge is 0.310 e. The molecule has 2 aromatic rings. The Balaban J connectivity index is 1.22. The van der Waals surface area contributed by atoms with Crippen molar-refractivity contribution in [2.75, 3.05) is 6.54 Å². The summed E-state index contributed by atoms with van der Waals surface area (Å²) in [5, 5.41) is 14.8. The van der Waals surface area contributed by atoms with E-state index in [-0.39, 0.29) is 53.0 Å². The number of carbonyl (C=O) groups excluding carboxylic acids is 3. The van der Waals surface area contributed by atoms with Gasteiger partial charge in [0.1, 0.15) is 23.4 Å². The molecule has 13 heteroatoms. The summed E-state index contributed by atoms with van der Waals surface area (Å²) >= 11 is 0. The molecular weight excluding hydrogens is 574 g/mol. The van der Waals surface area contributed by atoms with Crippen LogP contribution in [0.5, 0.6) is 0 Å². The van der Waals surface area contributed by atoms with E-state index < -0.39 is 42.0 Å².